The third kappa shape index (κ3) is 4.43. The molecule has 0 saturated heterocycles. The van der Waals surface area contributed by atoms with Gasteiger partial charge < -0.3 is 16.0 Å². The minimum atomic E-state index is -0.289. The van der Waals surface area contributed by atoms with Crippen molar-refractivity contribution in [3.8, 4) is 0 Å². The van der Waals surface area contributed by atoms with Gasteiger partial charge >= 0.3 is 0 Å². The van der Waals surface area contributed by atoms with Crippen molar-refractivity contribution in [3.63, 3.8) is 0 Å². The van der Waals surface area contributed by atoms with E-state index in [2.05, 4.69) is 17.3 Å². The zero-order chi connectivity index (χ0) is 15.1. The van der Waals surface area contributed by atoms with Crippen molar-refractivity contribution in [2.24, 2.45) is 11.1 Å². The van der Waals surface area contributed by atoms with Gasteiger partial charge in [0.15, 0.2) is 0 Å². The number of rotatable bonds is 6. The molecule has 0 aromatic heterocycles. The smallest absolute Gasteiger partial charge is 0.227 e. The number of amides is 1. The molecule has 3 N–H and O–H groups in total. The largest absolute Gasteiger partial charge is 0.354 e. The highest BCUT2D eigenvalue weighted by molar-refractivity contribution is 5.82. The van der Waals surface area contributed by atoms with E-state index in [9.17, 15) is 4.79 Å². The molecule has 1 amide bonds. The summed E-state index contributed by atoms with van der Waals surface area (Å²) in [6.45, 7) is 2.21. The van der Waals surface area contributed by atoms with Crippen molar-refractivity contribution in [2.45, 2.75) is 70.3 Å². The maximum absolute atomic E-state index is 12.6. The van der Waals surface area contributed by atoms with Gasteiger partial charge in [0, 0.05) is 25.7 Å². The molecule has 0 aromatic rings. The molecule has 2 rings (SSSR count). The molecule has 2 aliphatic rings. The van der Waals surface area contributed by atoms with Crippen LogP contribution in [0.1, 0.15) is 64.2 Å². The van der Waals surface area contributed by atoms with Gasteiger partial charge in [-0.25, -0.2) is 0 Å². The molecule has 122 valence electrons. The molecule has 2 saturated carbocycles. The quantitative estimate of drug-likeness (QED) is 0.739. The summed E-state index contributed by atoms with van der Waals surface area (Å²) in [5.41, 5.74) is 5.68. The molecular formula is C17H33N3O. The summed E-state index contributed by atoms with van der Waals surface area (Å²) >= 11 is 0. The van der Waals surface area contributed by atoms with Crippen molar-refractivity contribution < 1.29 is 4.79 Å². The molecule has 0 unspecified atom stereocenters. The highest BCUT2D eigenvalue weighted by Crippen LogP contribution is 2.34. The Hall–Kier alpha value is -0.610. The van der Waals surface area contributed by atoms with E-state index in [0.29, 0.717) is 6.54 Å². The Morgan fingerprint density at radius 1 is 1.14 bits per heavy atom. The highest BCUT2D eigenvalue weighted by Gasteiger charge is 2.36. The lowest BCUT2D eigenvalue weighted by molar-refractivity contribution is -0.131. The lowest BCUT2D eigenvalue weighted by Crippen LogP contribution is -2.47. The Bertz CT molecular complexity index is 318. The SMILES string of the molecule is CN(CCNC(=O)C1(CN)CCCCCC1)C1CCCC1. The molecule has 0 heterocycles. The molecule has 0 spiro atoms. The standard InChI is InChI=1S/C17H33N3O/c1-20(15-8-4-5-9-15)13-12-19-16(21)17(14-18)10-6-2-3-7-11-17/h15H,2-14,18H2,1H3,(H,19,21). The van der Waals surface area contributed by atoms with Gasteiger partial charge in [-0.15, -0.1) is 0 Å². The van der Waals surface area contributed by atoms with Crippen LogP contribution < -0.4 is 11.1 Å². The van der Waals surface area contributed by atoms with Gasteiger partial charge in [-0.2, -0.15) is 0 Å². The van der Waals surface area contributed by atoms with E-state index in [0.717, 1.165) is 44.8 Å². The fourth-order valence-corrected chi connectivity index (χ4v) is 3.99. The molecule has 0 aromatic carbocycles. The number of nitrogens with zero attached hydrogens (tertiary/aromatic N) is 1. The molecule has 0 atom stereocenters. The Morgan fingerprint density at radius 3 is 2.33 bits per heavy atom. The number of hydrogen-bond acceptors (Lipinski definition) is 3. The van der Waals surface area contributed by atoms with Crippen molar-refractivity contribution in [1.29, 1.82) is 0 Å². The van der Waals surface area contributed by atoms with Crippen LogP contribution in [0, 0.1) is 5.41 Å². The van der Waals surface area contributed by atoms with Crippen LogP contribution in [0.4, 0.5) is 0 Å². The summed E-state index contributed by atoms with van der Waals surface area (Å²) in [4.78, 5) is 15.0. The van der Waals surface area contributed by atoms with E-state index in [4.69, 9.17) is 5.73 Å². The van der Waals surface area contributed by atoms with E-state index >= 15 is 0 Å². The number of hydrogen-bond donors (Lipinski definition) is 2. The van der Waals surface area contributed by atoms with Crippen LogP contribution in [0.3, 0.4) is 0 Å². The number of carbonyl (C=O) groups is 1. The van der Waals surface area contributed by atoms with Gasteiger partial charge in [0.05, 0.1) is 5.41 Å². The monoisotopic (exact) mass is 295 g/mol. The Labute approximate surface area is 129 Å². The van der Waals surface area contributed by atoms with Crippen LogP contribution in [-0.4, -0.2) is 43.5 Å². The molecule has 2 aliphatic carbocycles. The molecule has 0 aliphatic heterocycles. The minimum absolute atomic E-state index is 0.201. The first-order valence-corrected chi connectivity index (χ1v) is 8.86. The lowest BCUT2D eigenvalue weighted by atomic mass is 9.79. The normalized spacial score (nSPS) is 23.2. The van der Waals surface area contributed by atoms with Crippen molar-refractivity contribution in [2.75, 3.05) is 26.7 Å². The number of nitrogens with two attached hydrogens (primary N) is 1. The third-order valence-electron chi connectivity index (χ3n) is 5.63. The van der Waals surface area contributed by atoms with Gasteiger partial charge in [0.25, 0.3) is 0 Å². The first-order valence-electron chi connectivity index (χ1n) is 8.86. The zero-order valence-electron chi connectivity index (χ0n) is 13.7. The number of likely N-dealkylation sites (N-methyl/N-ethyl adjacent to an activating group) is 1. The average Bonchev–Trinajstić information content (AvgIpc) is 2.92. The fraction of sp³-hybridized carbons (Fsp3) is 0.941. The van der Waals surface area contributed by atoms with E-state index in [1.54, 1.807) is 0 Å². The van der Waals surface area contributed by atoms with Crippen LogP contribution in [0.15, 0.2) is 0 Å². The maximum Gasteiger partial charge on any atom is 0.227 e. The lowest BCUT2D eigenvalue weighted by Gasteiger charge is -2.31. The summed E-state index contributed by atoms with van der Waals surface area (Å²) in [6.07, 6.45) is 12.1. The second-order valence-electron chi connectivity index (χ2n) is 7.07. The van der Waals surface area contributed by atoms with Crippen LogP contribution >= 0.6 is 0 Å². The molecule has 4 nitrogen and oxygen atoms in total. The molecular weight excluding hydrogens is 262 g/mol. The van der Waals surface area contributed by atoms with Gasteiger partial charge in [0.1, 0.15) is 0 Å². The van der Waals surface area contributed by atoms with Crippen LogP contribution in [-0.2, 0) is 4.79 Å². The first kappa shape index (κ1) is 16.8. The molecule has 4 heteroatoms. The third-order valence-corrected chi connectivity index (χ3v) is 5.63. The van der Waals surface area contributed by atoms with Gasteiger partial charge in [-0.3, -0.25) is 4.79 Å². The molecule has 2 fully saturated rings. The van der Waals surface area contributed by atoms with Crippen LogP contribution in [0.5, 0.6) is 0 Å². The van der Waals surface area contributed by atoms with Crippen LogP contribution in [0.25, 0.3) is 0 Å². The fourth-order valence-electron chi connectivity index (χ4n) is 3.99. The second-order valence-corrected chi connectivity index (χ2v) is 7.07. The van der Waals surface area contributed by atoms with Gasteiger partial charge in [0.2, 0.25) is 5.91 Å². The summed E-state index contributed by atoms with van der Waals surface area (Å²) in [7, 11) is 2.19. The Morgan fingerprint density at radius 2 is 1.76 bits per heavy atom. The van der Waals surface area contributed by atoms with E-state index < -0.39 is 0 Å². The highest BCUT2D eigenvalue weighted by atomic mass is 16.2. The van der Waals surface area contributed by atoms with Gasteiger partial charge in [-0.1, -0.05) is 38.5 Å². The predicted octanol–water partition coefficient (Wildman–Crippen LogP) is 2.28. The van der Waals surface area contributed by atoms with Crippen LogP contribution in [0.2, 0.25) is 0 Å². The summed E-state index contributed by atoms with van der Waals surface area (Å²) in [5.74, 6) is 0.201. The number of nitrogens with one attached hydrogen (secondary N) is 1. The predicted molar refractivity (Wildman–Crippen MR) is 87.1 cm³/mol. The molecule has 21 heavy (non-hydrogen) atoms. The summed E-state index contributed by atoms with van der Waals surface area (Å²) in [5, 5.41) is 3.17. The second kappa shape index (κ2) is 8.14. The van der Waals surface area contributed by atoms with E-state index in [-0.39, 0.29) is 11.3 Å². The Kier molecular flexibility index (Phi) is 6.49. The molecule has 0 bridgehead atoms. The maximum atomic E-state index is 12.6. The summed E-state index contributed by atoms with van der Waals surface area (Å²) in [6, 6.07) is 0.725. The number of carbonyl (C=O) groups excluding carboxylic acids is 1. The van der Waals surface area contributed by atoms with Crippen molar-refractivity contribution in [1.82, 2.24) is 10.2 Å². The average molecular weight is 295 g/mol. The first-order chi connectivity index (χ1) is 10.2. The molecule has 0 radical (unpaired) electrons. The van der Waals surface area contributed by atoms with Gasteiger partial charge in [-0.05, 0) is 32.7 Å². The zero-order valence-corrected chi connectivity index (χ0v) is 13.7. The summed E-state index contributed by atoms with van der Waals surface area (Å²) < 4.78 is 0. The Balaban J connectivity index is 1.76. The minimum Gasteiger partial charge on any atom is -0.354 e. The van der Waals surface area contributed by atoms with Crippen molar-refractivity contribution >= 4 is 5.91 Å². The van der Waals surface area contributed by atoms with Crippen molar-refractivity contribution in [3.05, 3.63) is 0 Å². The van der Waals surface area contributed by atoms with E-state index in [1.165, 1.54) is 38.5 Å². The van der Waals surface area contributed by atoms with E-state index in [1.807, 2.05) is 0 Å². The topological polar surface area (TPSA) is 58.4 Å².